The Hall–Kier alpha value is -0.960. The van der Waals surface area contributed by atoms with Gasteiger partial charge in [-0.3, -0.25) is 0 Å². The second kappa shape index (κ2) is 19.1. The first-order valence-electron chi connectivity index (χ1n) is 9.77. The summed E-state index contributed by atoms with van der Waals surface area (Å²) < 4.78 is 0. The van der Waals surface area contributed by atoms with E-state index in [1.165, 1.54) is 44.9 Å². The van der Waals surface area contributed by atoms with Crippen molar-refractivity contribution in [2.75, 3.05) is 0 Å². The minimum atomic E-state index is 0.678. The summed E-state index contributed by atoms with van der Waals surface area (Å²) in [7, 11) is 0. The average Bonchev–Trinajstić information content (AvgIpc) is 2.55. The monoisotopic (exact) mass is 318 g/mol. The molecule has 0 aromatic carbocycles. The van der Waals surface area contributed by atoms with Crippen molar-refractivity contribution in [2.45, 2.75) is 92.9 Å². The van der Waals surface area contributed by atoms with Gasteiger partial charge in [0.1, 0.15) is 0 Å². The van der Waals surface area contributed by atoms with Crippen molar-refractivity contribution in [3.8, 4) is 11.8 Å². The molecule has 0 radical (unpaired) electrons. The Morgan fingerprint density at radius 1 is 1.13 bits per heavy atom. The third kappa shape index (κ3) is 17.2. The lowest BCUT2D eigenvalue weighted by Crippen LogP contribution is -2.12. The van der Waals surface area contributed by atoms with E-state index >= 15 is 0 Å². The van der Waals surface area contributed by atoms with Gasteiger partial charge in [-0.1, -0.05) is 78.0 Å². The molecule has 1 rings (SSSR count). The molecule has 0 bridgehead atoms. The molecule has 0 heteroatoms. The van der Waals surface area contributed by atoms with Crippen LogP contribution in [0.5, 0.6) is 0 Å². The molecule has 0 amide bonds. The fraction of sp³-hybridized carbons (Fsp3) is 0.739. The Bertz CT molecular complexity index is 318. The molecule has 0 nitrogen and oxygen atoms in total. The molecule has 0 aromatic rings. The van der Waals surface area contributed by atoms with Crippen molar-refractivity contribution < 1.29 is 0 Å². The molecule has 0 aromatic heterocycles. The van der Waals surface area contributed by atoms with Gasteiger partial charge in [0.2, 0.25) is 0 Å². The van der Waals surface area contributed by atoms with E-state index in [1.807, 2.05) is 27.7 Å². The lowest BCUT2D eigenvalue weighted by Gasteiger charge is -2.25. The summed E-state index contributed by atoms with van der Waals surface area (Å²) in [6.45, 7) is 15.7. The first kappa shape index (κ1) is 24.3. The smallest absolute Gasteiger partial charge is 0.0120 e. The van der Waals surface area contributed by atoms with E-state index in [0.29, 0.717) is 5.92 Å². The van der Waals surface area contributed by atoms with Gasteiger partial charge in [0.25, 0.3) is 0 Å². The van der Waals surface area contributed by atoms with Gasteiger partial charge in [0, 0.05) is 6.42 Å². The summed E-state index contributed by atoms with van der Waals surface area (Å²) in [5.41, 5.74) is 0. The van der Waals surface area contributed by atoms with Crippen LogP contribution in [-0.4, -0.2) is 0 Å². The summed E-state index contributed by atoms with van der Waals surface area (Å²) in [6, 6.07) is 0. The molecule has 0 saturated heterocycles. The lowest BCUT2D eigenvalue weighted by molar-refractivity contribution is 0.289. The minimum Gasteiger partial charge on any atom is -0.107 e. The van der Waals surface area contributed by atoms with E-state index in [0.717, 1.165) is 18.3 Å². The summed E-state index contributed by atoms with van der Waals surface area (Å²) in [5.74, 6) is 8.80. The quantitative estimate of drug-likeness (QED) is 0.346. The standard InChI is InChI=1S/C18H30.C3H6.C2H6/c1-4-5-11-17(14-9-10-16(2)3)15-18-12-7-6-8-13-18;1-3-2;1-2/h9-10,16-18H,6-8,11-15H2,1-3H3;3H,1H2,2H3;1-2H3/b10-9+;;. The fourth-order valence-electron chi connectivity index (χ4n) is 2.95. The third-order valence-electron chi connectivity index (χ3n) is 3.95. The summed E-state index contributed by atoms with van der Waals surface area (Å²) in [6.07, 6.45) is 17.5. The van der Waals surface area contributed by atoms with E-state index in [2.05, 4.69) is 44.4 Å². The van der Waals surface area contributed by atoms with Gasteiger partial charge < -0.3 is 0 Å². The van der Waals surface area contributed by atoms with E-state index in [-0.39, 0.29) is 0 Å². The van der Waals surface area contributed by atoms with Crippen molar-refractivity contribution in [2.24, 2.45) is 17.8 Å². The zero-order valence-electron chi connectivity index (χ0n) is 16.8. The Balaban J connectivity index is 0. The Morgan fingerprint density at radius 2 is 1.70 bits per heavy atom. The van der Waals surface area contributed by atoms with Gasteiger partial charge in [0.15, 0.2) is 0 Å². The maximum absolute atomic E-state index is 3.36. The highest BCUT2D eigenvalue weighted by atomic mass is 14.2. The summed E-state index contributed by atoms with van der Waals surface area (Å²) >= 11 is 0. The maximum atomic E-state index is 3.36. The molecule has 0 aliphatic heterocycles. The largest absolute Gasteiger partial charge is 0.107 e. The van der Waals surface area contributed by atoms with Crippen LogP contribution in [0.1, 0.15) is 92.9 Å². The van der Waals surface area contributed by atoms with Gasteiger partial charge in [-0.2, -0.15) is 0 Å². The SMILES string of the molecule is C=CC.CC.CC#CCC(C/C=C/C(C)C)CC1CCCCC1. The van der Waals surface area contributed by atoms with Crippen LogP contribution in [0.15, 0.2) is 24.8 Å². The van der Waals surface area contributed by atoms with Crippen LogP contribution in [0.25, 0.3) is 0 Å². The predicted octanol–water partition coefficient (Wildman–Crippen LogP) is 7.81. The van der Waals surface area contributed by atoms with Gasteiger partial charge in [-0.25, -0.2) is 0 Å². The molecule has 1 aliphatic rings. The fourth-order valence-corrected chi connectivity index (χ4v) is 2.95. The average molecular weight is 319 g/mol. The van der Waals surface area contributed by atoms with Gasteiger partial charge in [0.05, 0.1) is 0 Å². The van der Waals surface area contributed by atoms with Gasteiger partial charge in [-0.05, 0) is 44.4 Å². The molecule has 1 aliphatic carbocycles. The van der Waals surface area contributed by atoms with Crippen LogP contribution in [0.2, 0.25) is 0 Å². The van der Waals surface area contributed by atoms with Gasteiger partial charge >= 0.3 is 0 Å². The zero-order valence-corrected chi connectivity index (χ0v) is 16.8. The van der Waals surface area contributed by atoms with Crippen LogP contribution in [-0.2, 0) is 0 Å². The van der Waals surface area contributed by atoms with E-state index in [9.17, 15) is 0 Å². The number of hydrogen-bond acceptors (Lipinski definition) is 0. The van der Waals surface area contributed by atoms with Crippen LogP contribution in [0, 0.1) is 29.6 Å². The van der Waals surface area contributed by atoms with E-state index < -0.39 is 0 Å². The maximum Gasteiger partial charge on any atom is 0.0120 e. The van der Waals surface area contributed by atoms with Gasteiger partial charge in [-0.15, -0.1) is 18.4 Å². The molecule has 1 atom stereocenters. The van der Waals surface area contributed by atoms with Crippen LogP contribution < -0.4 is 0 Å². The molecule has 134 valence electrons. The van der Waals surface area contributed by atoms with E-state index in [1.54, 1.807) is 6.08 Å². The second-order valence-electron chi connectivity index (χ2n) is 6.55. The molecule has 0 N–H and O–H groups in total. The lowest BCUT2D eigenvalue weighted by atomic mass is 9.81. The summed E-state index contributed by atoms with van der Waals surface area (Å²) in [4.78, 5) is 0. The highest BCUT2D eigenvalue weighted by Crippen LogP contribution is 2.31. The van der Waals surface area contributed by atoms with Crippen molar-refractivity contribution in [3.63, 3.8) is 0 Å². The molecule has 1 fully saturated rings. The number of allylic oxidation sites excluding steroid dienone is 3. The van der Waals surface area contributed by atoms with E-state index in [4.69, 9.17) is 0 Å². The Labute approximate surface area is 147 Å². The van der Waals surface area contributed by atoms with Crippen molar-refractivity contribution in [1.29, 1.82) is 0 Å². The highest BCUT2D eigenvalue weighted by molar-refractivity contribution is 4.98. The summed E-state index contributed by atoms with van der Waals surface area (Å²) in [5, 5.41) is 0. The molecule has 0 spiro atoms. The Morgan fingerprint density at radius 3 is 2.17 bits per heavy atom. The zero-order chi connectivity index (χ0) is 17.9. The normalized spacial score (nSPS) is 15.6. The number of hydrogen-bond donors (Lipinski definition) is 0. The van der Waals surface area contributed by atoms with Crippen LogP contribution in [0.4, 0.5) is 0 Å². The van der Waals surface area contributed by atoms with Crippen LogP contribution in [0.3, 0.4) is 0 Å². The van der Waals surface area contributed by atoms with Crippen molar-refractivity contribution >= 4 is 0 Å². The highest BCUT2D eigenvalue weighted by Gasteiger charge is 2.17. The first-order chi connectivity index (χ1) is 11.1. The van der Waals surface area contributed by atoms with Crippen molar-refractivity contribution in [1.82, 2.24) is 0 Å². The topological polar surface area (TPSA) is 0 Å². The first-order valence-corrected chi connectivity index (χ1v) is 9.77. The molecular formula is C23H42. The predicted molar refractivity (Wildman–Crippen MR) is 109 cm³/mol. The number of rotatable bonds is 6. The molecule has 1 saturated carbocycles. The Kier molecular flexibility index (Phi) is 20.2. The second-order valence-corrected chi connectivity index (χ2v) is 6.55. The molecule has 0 heterocycles. The minimum absolute atomic E-state index is 0.678. The van der Waals surface area contributed by atoms with Crippen LogP contribution >= 0.6 is 0 Å². The third-order valence-corrected chi connectivity index (χ3v) is 3.95. The molecular weight excluding hydrogens is 276 g/mol. The van der Waals surface area contributed by atoms with Crippen molar-refractivity contribution in [3.05, 3.63) is 24.8 Å². The molecule has 23 heavy (non-hydrogen) atoms. The molecule has 1 unspecified atom stereocenters.